The van der Waals surface area contributed by atoms with Crippen molar-refractivity contribution in [1.82, 2.24) is 4.90 Å². The van der Waals surface area contributed by atoms with E-state index in [1.807, 2.05) is 18.9 Å². The number of amides is 1. The van der Waals surface area contributed by atoms with Crippen molar-refractivity contribution >= 4 is 21.8 Å². The second-order valence-corrected chi connectivity index (χ2v) is 6.16. The number of alkyl halides is 1. The zero-order valence-corrected chi connectivity index (χ0v) is 10.4. The van der Waals surface area contributed by atoms with E-state index in [4.69, 9.17) is 0 Å². The Morgan fingerprint density at radius 1 is 1.54 bits per heavy atom. The van der Waals surface area contributed by atoms with Gasteiger partial charge < -0.3 is 4.90 Å². The highest BCUT2D eigenvalue weighted by molar-refractivity contribution is 9.10. The molecule has 1 unspecified atom stereocenters. The van der Waals surface area contributed by atoms with Crippen molar-refractivity contribution < 1.29 is 4.79 Å². The van der Waals surface area contributed by atoms with Crippen molar-refractivity contribution in [2.75, 3.05) is 7.05 Å². The lowest BCUT2D eigenvalue weighted by Gasteiger charge is -2.47. The number of carbonyl (C=O) groups is 1. The van der Waals surface area contributed by atoms with Crippen molar-refractivity contribution in [2.45, 2.75) is 44.5 Å². The van der Waals surface area contributed by atoms with Crippen LogP contribution in [0.3, 0.4) is 0 Å². The quantitative estimate of drug-likeness (QED) is 0.687. The molecule has 1 saturated carbocycles. The summed E-state index contributed by atoms with van der Waals surface area (Å²) in [5.74, 6) is 0.195. The largest absolute Gasteiger partial charge is 0.342 e. The molecule has 0 aromatic carbocycles. The van der Waals surface area contributed by atoms with Crippen LogP contribution in [-0.2, 0) is 4.79 Å². The first-order chi connectivity index (χ1) is 5.83. The fourth-order valence-corrected chi connectivity index (χ4v) is 2.27. The van der Waals surface area contributed by atoms with Crippen molar-refractivity contribution in [1.29, 1.82) is 0 Å². The smallest absolute Gasteiger partial charge is 0.236 e. The van der Waals surface area contributed by atoms with Crippen LogP contribution in [0.1, 0.15) is 33.6 Å². The Kier molecular flexibility index (Phi) is 3.05. The van der Waals surface area contributed by atoms with Crippen LogP contribution in [0.15, 0.2) is 0 Å². The molecule has 1 fully saturated rings. The lowest BCUT2D eigenvalue weighted by Crippen LogP contribution is -2.50. The zero-order valence-electron chi connectivity index (χ0n) is 8.80. The number of nitrogens with zero attached hydrogens (tertiary/aromatic N) is 1. The average molecular weight is 248 g/mol. The summed E-state index contributed by atoms with van der Waals surface area (Å²) in [5.41, 5.74) is 0.439. The predicted molar refractivity (Wildman–Crippen MR) is 58.0 cm³/mol. The highest BCUT2D eigenvalue weighted by atomic mass is 79.9. The van der Waals surface area contributed by atoms with Gasteiger partial charge in [0.05, 0.1) is 4.83 Å². The Balaban J connectivity index is 2.43. The van der Waals surface area contributed by atoms with Crippen LogP contribution < -0.4 is 0 Å². The van der Waals surface area contributed by atoms with Gasteiger partial charge >= 0.3 is 0 Å². The maximum absolute atomic E-state index is 11.6. The molecule has 1 atom stereocenters. The summed E-state index contributed by atoms with van der Waals surface area (Å²) in [5, 5.41) is 0. The Bertz CT molecular complexity index is 205. The third-order valence-corrected chi connectivity index (χ3v) is 3.20. The van der Waals surface area contributed by atoms with Crippen LogP contribution >= 0.6 is 15.9 Å². The van der Waals surface area contributed by atoms with E-state index in [-0.39, 0.29) is 10.7 Å². The molecule has 76 valence electrons. The minimum Gasteiger partial charge on any atom is -0.342 e. The molecule has 0 aromatic heterocycles. The molecule has 2 nitrogen and oxygen atoms in total. The summed E-state index contributed by atoms with van der Waals surface area (Å²) in [6.07, 6.45) is 2.27. The standard InChI is InChI=1S/C10H18BrNO/c1-7(11)9(13)12(4)8-5-10(2,3)6-8/h7-8H,5-6H2,1-4H3. The molecule has 0 saturated heterocycles. The molecule has 0 aromatic rings. The average Bonchev–Trinajstić information content (AvgIpc) is 1.97. The number of hydrogen-bond acceptors (Lipinski definition) is 1. The SMILES string of the molecule is CC(Br)C(=O)N(C)C1CC(C)(C)C1. The maximum atomic E-state index is 11.6. The molecule has 0 aliphatic heterocycles. The van der Waals surface area contributed by atoms with Crippen LogP contribution in [0, 0.1) is 5.41 Å². The second-order valence-electron chi connectivity index (χ2n) is 4.79. The lowest BCUT2D eigenvalue weighted by atomic mass is 9.68. The summed E-state index contributed by atoms with van der Waals surface area (Å²) in [6.45, 7) is 6.38. The van der Waals surface area contributed by atoms with E-state index in [0.717, 1.165) is 12.8 Å². The Labute approximate surface area is 88.8 Å². The van der Waals surface area contributed by atoms with Crippen LogP contribution in [0.5, 0.6) is 0 Å². The highest BCUT2D eigenvalue weighted by Crippen LogP contribution is 2.42. The van der Waals surface area contributed by atoms with Gasteiger partial charge in [0.25, 0.3) is 0 Å². The Hall–Kier alpha value is -0.0500. The predicted octanol–water partition coefficient (Wildman–Crippen LogP) is 2.42. The lowest BCUT2D eigenvalue weighted by molar-refractivity contribution is -0.134. The molecule has 0 N–H and O–H groups in total. The fraction of sp³-hybridized carbons (Fsp3) is 0.900. The van der Waals surface area contributed by atoms with Crippen LogP contribution in [0.25, 0.3) is 0 Å². The molecule has 0 heterocycles. The first kappa shape index (κ1) is 11.0. The number of rotatable bonds is 2. The van der Waals surface area contributed by atoms with Crippen LogP contribution in [0.2, 0.25) is 0 Å². The molecule has 1 aliphatic rings. The molecule has 13 heavy (non-hydrogen) atoms. The molecule has 0 spiro atoms. The Morgan fingerprint density at radius 3 is 2.31 bits per heavy atom. The summed E-state index contributed by atoms with van der Waals surface area (Å²) < 4.78 is 0. The fourth-order valence-electron chi connectivity index (χ4n) is 1.95. The van der Waals surface area contributed by atoms with Crippen molar-refractivity contribution in [3.8, 4) is 0 Å². The zero-order chi connectivity index (χ0) is 10.2. The molecule has 1 aliphatic carbocycles. The van der Waals surface area contributed by atoms with E-state index in [1.165, 1.54) is 0 Å². The second kappa shape index (κ2) is 3.60. The van der Waals surface area contributed by atoms with Gasteiger partial charge in [-0.1, -0.05) is 29.8 Å². The topological polar surface area (TPSA) is 20.3 Å². The van der Waals surface area contributed by atoms with E-state index in [1.54, 1.807) is 0 Å². The molecular weight excluding hydrogens is 230 g/mol. The monoisotopic (exact) mass is 247 g/mol. The minimum atomic E-state index is -0.0544. The van der Waals surface area contributed by atoms with Gasteiger partial charge in [0.1, 0.15) is 0 Å². The van der Waals surface area contributed by atoms with E-state index in [2.05, 4.69) is 29.8 Å². The molecular formula is C10H18BrNO. The third kappa shape index (κ3) is 2.46. The van der Waals surface area contributed by atoms with E-state index < -0.39 is 0 Å². The normalized spacial score (nSPS) is 23.5. The first-order valence-electron chi connectivity index (χ1n) is 4.74. The molecule has 3 heteroatoms. The number of halogens is 1. The van der Waals surface area contributed by atoms with E-state index in [9.17, 15) is 4.79 Å². The van der Waals surface area contributed by atoms with E-state index >= 15 is 0 Å². The van der Waals surface area contributed by atoms with Crippen molar-refractivity contribution in [3.05, 3.63) is 0 Å². The van der Waals surface area contributed by atoms with Gasteiger partial charge in [-0.05, 0) is 25.2 Å². The van der Waals surface area contributed by atoms with Crippen LogP contribution in [-0.4, -0.2) is 28.7 Å². The van der Waals surface area contributed by atoms with Gasteiger partial charge in [-0.2, -0.15) is 0 Å². The van der Waals surface area contributed by atoms with E-state index in [0.29, 0.717) is 11.5 Å². The van der Waals surface area contributed by atoms with Gasteiger partial charge in [0, 0.05) is 13.1 Å². The van der Waals surface area contributed by atoms with Gasteiger partial charge in [0.15, 0.2) is 0 Å². The van der Waals surface area contributed by atoms with Crippen LogP contribution in [0.4, 0.5) is 0 Å². The molecule has 0 bridgehead atoms. The van der Waals surface area contributed by atoms with Crippen molar-refractivity contribution in [2.24, 2.45) is 5.41 Å². The highest BCUT2D eigenvalue weighted by Gasteiger charge is 2.40. The first-order valence-corrected chi connectivity index (χ1v) is 5.66. The molecule has 0 radical (unpaired) electrons. The summed E-state index contributed by atoms with van der Waals surface area (Å²) in [6, 6.07) is 0.461. The number of hydrogen-bond donors (Lipinski definition) is 0. The minimum absolute atomic E-state index is 0.0544. The Morgan fingerprint density at radius 2 is 2.00 bits per heavy atom. The molecule has 1 amide bonds. The van der Waals surface area contributed by atoms with Crippen molar-refractivity contribution in [3.63, 3.8) is 0 Å². The summed E-state index contributed by atoms with van der Waals surface area (Å²) >= 11 is 3.30. The molecule has 1 rings (SSSR count). The van der Waals surface area contributed by atoms with Gasteiger partial charge in [-0.25, -0.2) is 0 Å². The number of carbonyl (C=O) groups excluding carboxylic acids is 1. The van der Waals surface area contributed by atoms with Gasteiger partial charge in [-0.3, -0.25) is 4.79 Å². The van der Waals surface area contributed by atoms with Gasteiger partial charge in [-0.15, -0.1) is 0 Å². The summed E-state index contributed by atoms with van der Waals surface area (Å²) in [7, 11) is 1.90. The third-order valence-electron chi connectivity index (χ3n) is 2.81. The maximum Gasteiger partial charge on any atom is 0.236 e. The van der Waals surface area contributed by atoms with Gasteiger partial charge in [0.2, 0.25) is 5.91 Å². The summed E-state index contributed by atoms with van der Waals surface area (Å²) in [4.78, 5) is 13.4.